The number of carbonyl (C=O) groups is 3. The van der Waals surface area contributed by atoms with Crippen LogP contribution in [0.4, 0.5) is 11.4 Å². The molecule has 2 atom stereocenters. The van der Waals surface area contributed by atoms with Gasteiger partial charge in [-0.3, -0.25) is 24.5 Å². The zero-order valence-corrected chi connectivity index (χ0v) is 21.3. The van der Waals surface area contributed by atoms with E-state index >= 15 is 0 Å². The van der Waals surface area contributed by atoms with E-state index in [1.165, 1.54) is 17.0 Å². The molecule has 35 heavy (non-hydrogen) atoms. The topological polar surface area (TPSA) is 101 Å². The Morgan fingerprint density at radius 1 is 1.11 bits per heavy atom. The maximum atomic E-state index is 13.8. The number of hydrogen-bond acceptors (Lipinski definition) is 5. The van der Waals surface area contributed by atoms with Crippen LogP contribution in [-0.4, -0.2) is 33.6 Å². The van der Waals surface area contributed by atoms with Gasteiger partial charge in [0.2, 0.25) is 5.91 Å². The molecule has 4 rings (SSSR count). The van der Waals surface area contributed by atoms with Gasteiger partial charge in [0.05, 0.1) is 23.1 Å². The van der Waals surface area contributed by atoms with E-state index in [-0.39, 0.29) is 17.0 Å². The average molecular weight is 604 g/mol. The molecule has 3 amide bonds. The third kappa shape index (κ3) is 4.92. The molecule has 0 N–H and O–H groups in total. The summed E-state index contributed by atoms with van der Waals surface area (Å²) in [6, 6.07) is 18.0. The molecule has 3 aromatic rings. The number of nitrogens with zero attached hydrogens (tertiary/aromatic N) is 3. The van der Waals surface area contributed by atoms with Gasteiger partial charge in [-0.2, -0.15) is 0 Å². The van der Waals surface area contributed by atoms with Gasteiger partial charge in [-0.1, -0.05) is 41.9 Å². The molecule has 178 valence electrons. The number of halogens is 2. The lowest BCUT2D eigenvalue weighted by Gasteiger charge is -2.33. The third-order valence-corrected chi connectivity index (χ3v) is 6.91. The molecule has 8 nitrogen and oxygen atoms in total. The Morgan fingerprint density at radius 3 is 2.40 bits per heavy atom. The fourth-order valence-electron chi connectivity index (χ4n) is 4.11. The summed E-state index contributed by atoms with van der Waals surface area (Å²) in [6.45, 7) is 1.75. The van der Waals surface area contributed by atoms with Crippen molar-refractivity contribution in [1.82, 2.24) is 4.90 Å². The molecule has 0 bridgehead atoms. The summed E-state index contributed by atoms with van der Waals surface area (Å²) in [6.07, 6.45) is -0.205. The van der Waals surface area contributed by atoms with Crippen LogP contribution in [0.5, 0.6) is 0 Å². The van der Waals surface area contributed by atoms with Crippen molar-refractivity contribution in [3.63, 3.8) is 0 Å². The first-order valence-corrected chi connectivity index (χ1v) is 12.1. The van der Waals surface area contributed by atoms with Crippen molar-refractivity contribution in [2.75, 3.05) is 4.90 Å². The van der Waals surface area contributed by atoms with Gasteiger partial charge >= 0.3 is 0 Å². The first-order valence-electron chi connectivity index (χ1n) is 10.6. The lowest BCUT2D eigenvalue weighted by molar-refractivity contribution is -0.384. The zero-order chi connectivity index (χ0) is 25.3. The highest BCUT2D eigenvalue weighted by molar-refractivity contribution is 14.1. The quantitative estimate of drug-likeness (QED) is 0.163. The van der Waals surface area contributed by atoms with Crippen LogP contribution in [0.3, 0.4) is 0 Å². The molecule has 1 heterocycles. The molecule has 0 radical (unpaired) electrons. The minimum Gasteiger partial charge on any atom is -0.319 e. The first kappa shape index (κ1) is 24.8. The Morgan fingerprint density at radius 2 is 1.77 bits per heavy atom. The van der Waals surface area contributed by atoms with E-state index in [0.717, 1.165) is 20.1 Å². The standard InChI is InChI=1S/C25H19ClIN3O5/c1-15(16-5-3-2-4-6-16)28(24(32)17-7-12-20(26)21(13-17)30(34)35)22-14-23(31)29(25(22)33)19-10-8-18(27)9-11-19/h2-13,15,22H,14H2,1H3. The molecule has 0 spiro atoms. The van der Waals surface area contributed by atoms with E-state index in [4.69, 9.17) is 11.6 Å². The molecule has 1 fully saturated rings. The van der Waals surface area contributed by atoms with Crippen molar-refractivity contribution in [1.29, 1.82) is 0 Å². The van der Waals surface area contributed by atoms with E-state index in [1.54, 1.807) is 43.3 Å². The Bertz CT molecular complexity index is 1320. The highest BCUT2D eigenvalue weighted by Gasteiger charge is 2.46. The zero-order valence-electron chi connectivity index (χ0n) is 18.4. The normalized spacial score (nSPS) is 16.3. The van der Waals surface area contributed by atoms with E-state index in [1.807, 2.05) is 18.2 Å². The minimum atomic E-state index is -1.08. The summed E-state index contributed by atoms with van der Waals surface area (Å²) in [5.41, 5.74) is 0.748. The molecule has 10 heteroatoms. The molecular weight excluding hydrogens is 585 g/mol. The van der Waals surface area contributed by atoms with Crippen molar-refractivity contribution in [3.8, 4) is 0 Å². The lowest BCUT2D eigenvalue weighted by Crippen LogP contribution is -2.46. The number of rotatable bonds is 6. The molecule has 1 saturated heterocycles. The third-order valence-electron chi connectivity index (χ3n) is 5.87. The van der Waals surface area contributed by atoms with Gasteiger partial charge in [-0.25, -0.2) is 4.90 Å². The summed E-state index contributed by atoms with van der Waals surface area (Å²) >= 11 is 8.05. The molecule has 1 aliphatic rings. The summed E-state index contributed by atoms with van der Waals surface area (Å²) < 4.78 is 0.945. The highest BCUT2D eigenvalue weighted by atomic mass is 127. The van der Waals surface area contributed by atoms with Gasteiger partial charge in [0.25, 0.3) is 17.5 Å². The van der Waals surface area contributed by atoms with Crippen LogP contribution in [0.25, 0.3) is 0 Å². The van der Waals surface area contributed by atoms with Crippen molar-refractivity contribution in [3.05, 3.63) is 103 Å². The second kappa shape index (κ2) is 10.1. The summed E-state index contributed by atoms with van der Waals surface area (Å²) in [4.78, 5) is 53.4. The van der Waals surface area contributed by atoms with Crippen LogP contribution < -0.4 is 4.90 Å². The molecule has 1 aliphatic heterocycles. The molecule has 0 aromatic heterocycles. The Balaban J connectivity index is 1.77. The van der Waals surface area contributed by atoms with Crippen LogP contribution >= 0.6 is 34.2 Å². The van der Waals surface area contributed by atoms with E-state index in [2.05, 4.69) is 22.6 Å². The van der Waals surface area contributed by atoms with Crippen LogP contribution in [0.1, 0.15) is 35.3 Å². The van der Waals surface area contributed by atoms with Gasteiger partial charge in [-0.15, -0.1) is 0 Å². The van der Waals surface area contributed by atoms with Crippen molar-refractivity contribution >= 4 is 63.3 Å². The summed E-state index contributed by atoms with van der Waals surface area (Å²) in [5, 5.41) is 11.3. The largest absolute Gasteiger partial charge is 0.319 e. The number of amides is 3. The van der Waals surface area contributed by atoms with Crippen molar-refractivity contribution in [2.45, 2.75) is 25.4 Å². The van der Waals surface area contributed by atoms with Gasteiger partial charge in [0, 0.05) is 15.2 Å². The van der Waals surface area contributed by atoms with Gasteiger partial charge in [0.15, 0.2) is 0 Å². The van der Waals surface area contributed by atoms with E-state index < -0.39 is 40.4 Å². The number of carbonyl (C=O) groups excluding carboxylic acids is 3. The van der Waals surface area contributed by atoms with Crippen molar-refractivity contribution in [2.24, 2.45) is 0 Å². The number of nitro groups is 1. The minimum absolute atomic E-state index is 0.00292. The predicted molar refractivity (Wildman–Crippen MR) is 139 cm³/mol. The maximum absolute atomic E-state index is 13.8. The Kier molecular flexibility index (Phi) is 7.18. The van der Waals surface area contributed by atoms with Crippen LogP contribution in [0.2, 0.25) is 5.02 Å². The molecule has 0 aliphatic carbocycles. The predicted octanol–water partition coefficient (Wildman–Crippen LogP) is 5.39. The molecular formula is C25H19ClIN3O5. The Labute approximate surface area is 219 Å². The first-order chi connectivity index (χ1) is 16.7. The molecule has 0 saturated carbocycles. The fourth-order valence-corrected chi connectivity index (χ4v) is 4.65. The number of hydrogen-bond donors (Lipinski definition) is 0. The van der Waals surface area contributed by atoms with Gasteiger partial charge < -0.3 is 4.90 Å². The fraction of sp³-hybridized carbons (Fsp3) is 0.160. The second-order valence-electron chi connectivity index (χ2n) is 7.99. The average Bonchev–Trinajstić information content (AvgIpc) is 3.13. The second-order valence-corrected chi connectivity index (χ2v) is 9.64. The van der Waals surface area contributed by atoms with Crippen LogP contribution in [0.15, 0.2) is 72.8 Å². The van der Waals surface area contributed by atoms with Gasteiger partial charge in [-0.05, 0) is 71.5 Å². The summed E-state index contributed by atoms with van der Waals surface area (Å²) in [5.74, 6) is -1.58. The number of nitro benzene ring substituents is 1. The molecule has 2 unspecified atom stereocenters. The van der Waals surface area contributed by atoms with Gasteiger partial charge in [0.1, 0.15) is 11.1 Å². The van der Waals surface area contributed by atoms with Crippen LogP contribution in [0, 0.1) is 13.7 Å². The maximum Gasteiger partial charge on any atom is 0.288 e. The molecule has 3 aromatic carbocycles. The number of imide groups is 1. The smallest absolute Gasteiger partial charge is 0.288 e. The lowest BCUT2D eigenvalue weighted by atomic mass is 10.0. The van der Waals surface area contributed by atoms with E-state index in [9.17, 15) is 24.5 Å². The number of benzene rings is 3. The van der Waals surface area contributed by atoms with Crippen LogP contribution in [-0.2, 0) is 9.59 Å². The SMILES string of the molecule is CC(c1ccccc1)N(C(=O)c1ccc(Cl)c([N+](=O)[O-])c1)C1CC(=O)N(c2ccc(I)cc2)C1=O. The van der Waals surface area contributed by atoms with Crippen molar-refractivity contribution < 1.29 is 19.3 Å². The van der Waals surface area contributed by atoms with E-state index in [0.29, 0.717) is 5.69 Å². The number of anilines is 1. The highest BCUT2D eigenvalue weighted by Crippen LogP contribution is 2.34. The Hall–Kier alpha value is -3.31. The monoisotopic (exact) mass is 603 g/mol. The summed E-state index contributed by atoms with van der Waals surface area (Å²) in [7, 11) is 0.